The number of hydrogen-bond acceptors (Lipinski definition) is 4. The summed E-state index contributed by atoms with van der Waals surface area (Å²) in [6, 6.07) is 2.00. The second kappa shape index (κ2) is 5.85. The fourth-order valence-electron chi connectivity index (χ4n) is 1.46. The molecule has 86 valence electrons. The first-order valence-corrected chi connectivity index (χ1v) is 5.00. The molecule has 5 heteroatoms. The summed E-state index contributed by atoms with van der Waals surface area (Å²) in [7, 11) is 3.53. The van der Waals surface area contributed by atoms with Crippen molar-refractivity contribution in [3.8, 4) is 0 Å². The van der Waals surface area contributed by atoms with Crippen LogP contribution in [0.4, 0.5) is 0 Å². The van der Waals surface area contributed by atoms with Gasteiger partial charge in [-0.1, -0.05) is 0 Å². The highest BCUT2D eigenvalue weighted by Crippen LogP contribution is 2.01. The molecule has 0 saturated carbocycles. The summed E-state index contributed by atoms with van der Waals surface area (Å²) < 4.78 is 6.81. The van der Waals surface area contributed by atoms with Crippen LogP contribution < -0.4 is 5.32 Å². The van der Waals surface area contributed by atoms with E-state index in [1.54, 1.807) is 7.11 Å². The van der Waals surface area contributed by atoms with E-state index in [4.69, 9.17) is 9.84 Å². The molecule has 0 fully saturated rings. The Balaban J connectivity index is 2.44. The fraction of sp³-hybridized carbons (Fsp3) is 0.700. The van der Waals surface area contributed by atoms with E-state index in [-0.39, 0.29) is 12.6 Å². The normalized spacial score (nSPS) is 13.1. The first kappa shape index (κ1) is 12.2. The second-order valence-electron chi connectivity index (χ2n) is 3.62. The number of aryl methyl sites for hydroxylation is 2. The first-order valence-electron chi connectivity index (χ1n) is 5.00. The monoisotopic (exact) mass is 213 g/mol. The molecule has 15 heavy (non-hydrogen) atoms. The first-order chi connectivity index (χ1) is 7.17. The highest BCUT2D eigenvalue weighted by atomic mass is 16.5. The molecule has 1 unspecified atom stereocenters. The van der Waals surface area contributed by atoms with Crippen LogP contribution >= 0.6 is 0 Å². The molecule has 0 radical (unpaired) electrons. The number of nitrogens with one attached hydrogen (secondary N) is 1. The van der Waals surface area contributed by atoms with Crippen LogP contribution in [0.1, 0.15) is 11.4 Å². The van der Waals surface area contributed by atoms with E-state index in [0.29, 0.717) is 13.2 Å². The van der Waals surface area contributed by atoms with Gasteiger partial charge in [-0.15, -0.1) is 0 Å². The summed E-state index contributed by atoms with van der Waals surface area (Å²) in [6.45, 7) is 3.23. The molecule has 1 rings (SSSR count). The molecule has 1 aromatic rings. The summed E-state index contributed by atoms with van der Waals surface area (Å²) in [5, 5.41) is 16.5. The predicted molar refractivity (Wildman–Crippen MR) is 57.5 cm³/mol. The predicted octanol–water partition coefficient (Wildman–Crippen LogP) is -0.175. The molecule has 0 aliphatic heterocycles. The highest BCUT2D eigenvalue weighted by Gasteiger charge is 2.08. The van der Waals surface area contributed by atoms with Gasteiger partial charge in [0.05, 0.1) is 30.6 Å². The van der Waals surface area contributed by atoms with E-state index < -0.39 is 0 Å². The van der Waals surface area contributed by atoms with Crippen molar-refractivity contribution in [1.29, 1.82) is 0 Å². The lowest BCUT2D eigenvalue weighted by atomic mass is 10.3. The van der Waals surface area contributed by atoms with Crippen LogP contribution in [0.2, 0.25) is 0 Å². The SMILES string of the molecule is COCC(CO)NCc1cc(C)nn1C. The molecule has 1 heterocycles. The topological polar surface area (TPSA) is 59.3 Å². The number of methoxy groups -OCH3 is 1. The lowest BCUT2D eigenvalue weighted by molar-refractivity contribution is 0.127. The van der Waals surface area contributed by atoms with Gasteiger partial charge in [0.25, 0.3) is 0 Å². The Morgan fingerprint density at radius 2 is 2.40 bits per heavy atom. The molecular formula is C10H19N3O2. The van der Waals surface area contributed by atoms with Crippen molar-refractivity contribution >= 4 is 0 Å². The quantitative estimate of drug-likeness (QED) is 0.688. The average molecular weight is 213 g/mol. The van der Waals surface area contributed by atoms with Crippen molar-refractivity contribution in [2.75, 3.05) is 20.3 Å². The van der Waals surface area contributed by atoms with Crippen LogP contribution in [0.5, 0.6) is 0 Å². The number of nitrogens with zero attached hydrogens (tertiary/aromatic N) is 2. The van der Waals surface area contributed by atoms with Crippen molar-refractivity contribution < 1.29 is 9.84 Å². The van der Waals surface area contributed by atoms with Gasteiger partial charge in [0.15, 0.2) is 0 Å². The molecule has 0 spiro atoms. The molecule has 0 amide bonds. The van der Waals surface area contributed by atoms with Gasteiger partial charge in [0.1, 0.15) is 0 Å². The summed E-state index contributed by atoms with van der Waals surface area (Å²) in [6.07, 6.45) is 0. The van der Waals surface area contributed by atoms with Crippen molar-refractivity contribution in [3.63, 3.8) is 0 Å². The third-order valence-corrected chi connectivity index (χ3v) is 2.26. The van der Waals surface area contributed by atoms with Gasteiger partial charge in [-0.25, -0.2) is 0 Å². The largest absolute Gasteiger partial charge is 0.395 e. The fourth-order valence-corrected chi connectivity index (χ4v) is 1.46. The van der Waals surface area contributed by atoms with Gasteiger partial charge in [0.2, 0.25) is 0 Å². The molecule has 1 aromatic heterocycles. The number of aromatic nitrogens is 2. The third kappa shape index (κ3) is 3.62. The number of rotatable bonds is 6. The van der Waals surface area contributed by atoms with Gasteiger partial charge in [-0.3, -0.25) is 4.68 Å². The van der Waals surface area contributed by atoms with Crippen molar-refractivity contribution in [2.24, 2.45) is 7.05 Å². The maximum absolute atomic E-state index is 9.04. The van der Waals surface area contributed by atoms with Gasteiger partial charge in [0, 0.05) is 20.7 Å². The van der Waals surface area contributed by atoms with Gasteiger partial charge < -0.3 is 15.2 Å². The van der Waals surface area contributed by atoms with Crippen LogP contribution in [0.25, 0.3) is 0 Å². The van der Waals surface area contributed by atoms with Gasteiger partial charge in [-0.05, 0) is 13.0 Å². The van der Waals surface area contributed by atoms with Gasteiger partial charge >= 0.3 is 0 Å². The zero-order valence-corrected chi connectivity index (χ0v) is 9.53. The molecular weight excluding hydrogens is 194 g/mol. The van der Waals surface area contributed by atoms with Crippen molar-refractivity contribution in [1.82, 2.24) is 15.1 Å². The maximum atomic E-state index is 9.04. The lowest BCUT2D eigenvalue weighted by Gasteiger charge is -2.14. The van der Waals surface area contributed by atoms with Crippen LogP contribution in [0, 0.1) is 6.92 Å². The Bertz CT molecular complexity index is 299. The maximum Gasteiger partial charge on any atom is 0.0638 e. The molecule has 5 nitrogen and oxygen atoms in total. The van der Waals surface area contributed by atoms with Gasteiger partial charge in [-0.2, -0.15) is 5.10 Å². The minimum atomic E-state index is -0.0230. The van der Waals surface area contributed by atoms with Crippen LogP contribution in [0.3, 0.4) is 0 Å². The molecule has 0 bridgehead atoms. The Labute approximate surface area is 90.1 Å². The average Bonchev–Trinajstić information content (AvgIpc) is 2.52. The smallest absolute Gasteiger partial charge is 0.0638 e. The molecule has 0 aliphatic rings. The summed E-state index contributed by atoms with van der Waals surface area (Å²) in [4.78, 5) is 0. The Kier molecular flexibility index (Phi) is 4.74. The molecule has 0 aromatic carbocycles. The Hall–Kier alpha value is -0.910. The van der Waals surface area contributed by atoms with E-state index in [1.807, 2.05) is 24.7 Å². The van der Waals surface area contributed by atoms with E-state index in [2.05, 4.69) is 10.4 Å². The van der Waals surface area contributed by atoms with E-state index in [0.717, 1.165) is 11.4 Å². The number of aliphatic hydroxyl groups is 1. The van der Waals surface area contributed by atoms with Crippen LogP contribution in [-0.4, -0.2) is 41.3 Å². The lowest BCUT2D eigenvalue weighted by Crippen LogP contribution is -2.36. The number of hydrogen-bond donors (Lipinski definition) is 2. The zero-order valence-electron chi connectivity index (χ0n) is 9.53. The summed E-state index contributed by atoms with van der Waals surface area (Å²) in [5.74, 6) is 0. The van der Waals surface area contributed by atoms with E-state index >= 15 is 0 Å². The zero-order chi connectivity index (χ0) is 11.3. The highest BCUT2D eigenvalue weighted by molar-refractivity contribution is 5.08. The second-order valence-corrected chi connectivity index (χ2v) is 3.62. The van der Waals surface area contributed by atoms with Crippen LogP contribution in [-0.2, 0) is 18.3 Å². The Morgan fingerprint density at radius 1 is 1.67 bits per heavy atom. The summed E-state index contributed by atoms with van der Waals surface area (Å²) in [5.41, 5.74) is 2.10. The van der Waals surface area contributed by atoms with Crippen molar-refractivity contribution in [2.45, 2.75) is 19.5 Å². The van der Waals surface area contributed by atoms with E-state index in [1.165, 1.54) is 0 Å². The molecule has 0 aliphatic carbocycles. The third-order valence-electron chi connectivity index (χ3n) is 2.26. The summed E-state index contributed by atoms with van der Waals surface area (Å²) >= 11 is 0. The molecule has 2 N–H and O–H groups in total. The van der Waals surface area contributed by atoms with Crippen molar-refractivity contribution in [3.05, 3.63) is 17.5 Å². The minimum absolute atomic E-state index is 0.0230. The number of aliphatic hydroxyl groups excluding tert-OH is 1. The standard InChI is InChI=1S/C10H19N3O2/c1-8-4-10(13(2)12-8)5-11-9(6-14)7-15-3/h4,9,11,14H,5-7H2,1-3H3. The van der Waals surface area contributed by atoms with E-state index in [9.17, 15) is 0 Å². The minimum Gasteiger partial charge on any atom is -0.395 e. The Morgan fingerprint density at radius 3 is 2.87 bits per heavy atom. The molecule has 0 saturated heterocycles. The van der Waals surface area contributed by atoms with Crippen LogP contribution in [0.15, 0.2) is 6.07 Å². The molecule has 1 atom stereocenters. The number of ether oxygens (including phenoxy) is 1.